The van der Waals surface area contributed by atoms with Crippen molar-refractivity contribution in [3.8, 4) is 0 Å². The van der Waals surface area contributed by atoms with E-state index in [2.05, 4.69) is 0 Å². The molecule has 0 amide bonds. The number of carbonyl (C=O) groups excluding carboxylic acids is 2. The summed E-state index contributed by atoms with van der Waals surface area (Å²) in [7, 11) is 0. The Morgan fingerprint density at radius 1 is 1.00 bits per heavy atom. The molecule has 1 N–H and O–H groups in total. The number of hydrogen-bond donors (Lipinski definition) is 1. The van der Waals surface area contributed by atoms with Crippen LogP contribution in [0.5, 0.6) is 0 Å². The van der Waals surface area contributed by atoms with Crippen LogP contribution >= 0.6 is 0 Å². The molecule has 1 unspecified atom stereocenters. The summed E-state index contributed by atoms with van der Waals surface area (Å²) in [5.74, 6) is 1.56. The fraction of sp³-hybridized carbons (Fsp3) is 0.0952. The van der Waals surface area contributed by atoms with Gasteiger partial charge in [-0.05, 0) is 22.8 Å². The number of benzene rings is 2. The minimum absolute atomic E-state index is 0.327. The third kappa shape index (κ3) is 3.33. The van der Waals surface area contributed by atoms with E-state index in [1.165, 1.54) is 0 Å². The van der Waals surface area contributed by atoms with Crippen LogP contribution in [0.15, 0.2) is 78.4 Å². The number of carbonyl (C=O) groups is 1. The first kappa shape index (κ1) is 15.9. The van der Waals surface area contributed by atoms with Crippen molar-refractivity contribution in [2.24, 2.45) is 0 Å². The smallest absolute Gasteiger partial charge is 0.195 e. The van der Waals surface area contributed by atoms with E-state index in [4.69, 9.17) is 0 Å². The zero-order valence-corrected chi connectivity index (χ0v) is 13.0. The first-order chi connectivity index (χ1) is 11.7. The largest absolute Gasteiger partial charge is 0.380 e. The number of aliphatic hydroxyl groups is 1. The highest BCUT2D eigenvalue weighted by Crippen LogP contribution is 2.24. The lowest BCUT2D eigenvalue weighted by Gasteiger charge is -2.11. The lowest BCUT2D eigenvalue weighted by molar-refractivity contribution is 0.0747. The Bertz CT molecular complexity index is 852. The van der Waals surface area contributed by atoms with Crippen molar-refractivity contribution in [3.05, 3.63) is 95.1 Å². The van der Waals surface area contributed by atoms with Gasteiger partial charge in [-0.2, -0.15) is 0 Å². The van der Waals surface area contributed by atoms with E-state index in [9.17, 15) is 14.7 Å². The van der Waals surface area contributed by atoms with Gasteiger partial charge in [0.15, 0.2) is 5.78 Å². The number of allylic oxidation sites excluding steroid dienone is 5. The van der Waals surface area contributed by atoms with Gasteiger partial charge in [-0.1, -0.05) is 66.7 Å². The highest BCUT2D eigenvalue weighted by Gasteiger charge is 2.19. The first-order valence-electron chi connectivity index (χ1n) is 7.69. The molecule has 3 nitrogen and oxygen atoms in total. The van der Waals surface area contributed by atoms with Gasteiger partial charge in [0.05, 0.1) is 0 Å². The summed E-state index contributed by atoms with van der Waals surface area (Å²) < 4.78 is 0. The van der Waals surface area contributed by atoms with Gasteiger partial charge in [0.25, 0.3) is 0 Å². The first-order valence-corrected chi connectivity index (χ1v) is 7.69. The number of aliphatic hydroxyl groups excluding tert-OH is 1. The predicted octanol–water partition coefficient (Wildman–Crippen LogP) is 3.70. The normalized spacial score (nSPS) is 14.7. The van der Waals surface area contributed by atoms with E-state index in [1.807, 2.05) is 36.3 Å². The molecule has 118 valence electrons. The molecule has 3 heteroatoms. The standard InChI is InChI=1S/C21H16O3/c22-14-15-6-8-16(9-7-15)17-10-12-19(13-11-17)21(24)20(23)18-4-2-1-3-5-18/h1-6,8-13,20,23H,7H2. The van der Waals surface area contributed by atoms with Crippen molar-refractivity contribution in [3.63, 3.8) is 0 Å². The third-order valence-corrected chi connectivity index (χ3v) is 4.00. The van der Waals surface area contributed by atoms with Gasteiger partial charge in [-0.25, -0.2) is 4.79 Å². The monoisotopic (exact) mass is 316 g/mol. The summed E-state index contributed by atoms with van der Waals surface area (Å²) in [6, 6.07) is 16.0. The Labute approximate surface area is 140 Å². The SMILES string of the molecule is O=C=C1C=CC(c2ccc(C(=O)C(O)c3ccccc3)cc2)=CC1. The summed E-state index contributed by atoms with van der Waals surface area (Å²) in [6.07, 6.45) is 4.96. The van der Waals surface area contributed by atoms with E-state index in [0.29, 0.717) is 23.1 Å². The molecule has 0 saturated heterocycles. The molecule has 24 heavy (non-hydrogen) atoms. The van der Waals surface area contributed by atoms with E-state index >= 15 is 0 Å². The van der Waals surface area contributed by atoms with Crippen molar-refractivity contribution in [2.45, 2.75) is 12.5 Å². The lowest BCUT2D eigenvalue weighted by atomic mass is 9.95. The molecule has 0 spiro atoms. The lowest BCUT2D eigenvalue weighted by Crippen LogP contribution is -2.12. The average molecular weight is 316 g/mol. The summed E-state index contributed by atoms with van der Waals surface area (Å²) in [6.45, 7) is 0. The Kier molecular flexibility index (Phi) is 4.66. The summed E-state index contributed by atoms with van der Waals surface area (Å²) in [4.78, 5) is 23.0. The molecule has 0 bridgehead atoms. The second-order valence-electron chi connectivity index (χ2n) is 5.58. The van der Waals surface area contributed by atoms with Gasteiger partial charge < -0.3 is 5.11 Å². The topological polar surface area (TPSA) is 54.4 Å². The molecule has 1 aliphatic rings. The van der Waals surface area contributed by atoms with Crippen molar-refractivity contribution < 1.29 is 14.7 Å². The molecular formula is C21H16O3. The number of Topliss-reactive ketones (excluding diaryl/α,β-unsaturated/α-hetero) is 1. The molecule has 2 aromatic carbocycles. The van der Waals surface area contributed by atoms with E-state index in [-0.39, 0.29) is 5.78 Å². The van der Waals surface area contributed by atoms with Crippen molar-refractivity contribution in [2.75, 3.05) is 0 Å². The van der Waals surface area contributed by atoms with Gasteiger partial charge in [0.1, 0.15) is 12.0 Å². The van der Waals surface area contributed by atoms with Crippen molar-refractivity contribution in [1.29, 1.82) is 0 Å². The van der Waals surface area contributed by atoms with Gasteiger partial charge in [-0.15, -0.1) is 0 Å². The molecule has 3 rings (SSSR count). The van der Waals surface area contributed by atoms with Crippen LogP contribution in [0.3, 0.4) is 0 Å². The molecule has 1 atom stereocenters. The molecule has 0 saturated carbocycles. The van der Waals surface area contributed by atoms with Gasteiger partial charge in [0.2, 0.25) is 0 Å². The molecule has 0 radical (unpaired) electrons. The van der Waals surface area contributed by atoms with E-state index in [1.54, 1.807) is 42.5 Å². The number of hydrogen-bond acceptors (Lipinski definition) is 3. The van der Waals surface area contributed by atoms with Crippen LogP contribution in [0.1, 0.15) is 34.0 Å². The van der Waals surface area contributed by atoms with Crippen LogP contribution in [0.25, 0.3) is 5.57 Å². The molecule has 2 aromatic rings. The summed E-state index contributed by atoms with van der Waals surface area (Å²) in [5.41, 5.74) is 3.62. The Balaban J connectivity index is 1.78. The van der Waals surface area contributed by atoms with Crippen molar-refractivity contribution in [1.82, 2.24) is 0 Å². The Morgan fingerprint density at radius 3 is 2.29 bits per heavy atom. The summed E-state index contributed by atoms with van der Waals surface area (Å²) in [5, 5.41) is 10.2. The summed E-state index contributed by atoms with van der Waals surface area (Å²) >= 11 is 0. The zero-order valence-electron chi connectivity index (χ0n) is 13.0. The number of ketones is 1. The highest BCUT2D eigenvalue weighted by atomic mass is 16.3. The zero-order chi connectivity index (χ0) is 16.9. The molecule has 0 aliphatic heterocycles. The molecule has 0 aromatic heterocycles. The molecule has 1 aliphatic carbocycles. The minimum Gasteiger partial charge on any atom is -0.380 e. The van der Waals surface area contributed by atoms with Crippen LogP contribution in [0.4, 0.5) is 0 Å². The van der Waals surface area contributed by atoms with Crippen molar-refractivity contribution >= 4 is 17.3 Å². The maximum atomic E-state index is 12.4. The maximum Gasteiger partial charge on any atom is 0.195 e. The average Bonchev–Trinajstić information content (AvgIpc) is 2.68. The molecular weight excluding hydrogens is 300 g/mol. The van der Waals surface area contributed by atoms with E-state index in [0.717, 1.165) is 11.1 Å². The Hall–Kier alpha value is -3.00. The quantitative estimate of drug-likeness (QED) is 0.691. The molecule has 0 fully saturated rings. The van der Waals surface area contributed by atoms with Gasteiger partial charge in [0, 0.05) is 17.6 Å². The number of rotatable bonds is 4. The van der Waals surface area contributed by atoms with Gasteiger partial charge in [-0.3, -0.25) is 4.79 Å². The second kappa shape index (κ2) is 7.05. The van der Waals surface area contributed by atoms with Crippen LogP contribution in [0, 0.1) is 0 Å². The maximum absolute atomic E-state index is 12.4. The highest BCUT2D eigenvalue weighted by molar-refractivity contribution is 6.00. The van der Waals surface area contributed by atoms with Crippen LogP contribution in [-0.2, 0) is 4.79 Å². The fourth-order valence-electron chi connectivity index (χ4n) is 2.61. The second-order valence-corrected chi connectivity index (χ2v) is 5.58. The third-order valence-electron chi connectivity index (χ3n) is 4.00. The van der Waals surface area contributed by atoms with Crippen LogP contribution in [-0.4, -0.2) is 16.8 Å². The van der Waals surface area contributed by atoms with Gasteiger partial charge >= 0.3 is 0 Å². The minimum atomic E-state index is -1.16. The fourth-order valence-corrected chi connectivity index (χ4v) is 2.61. The predicted molar refractivity (Wildman–Crippen MR) is 93.1 cm³/mol. The molecule has 0 heterocycles. The van der Waals surface area contributed by atoms with E-state index < -0.39 is 6.10 Å². The Morgan fingerprint density at radius 2 is 1.71 bits per heavy atom. The van der Waals surface area contributed by atoms with Crippen LogP contribution < -0.4 is 0 Å². The van der Waals surface area contributed by atoms with Crippen LogP contribution in [0.2, 0.25) is 0 Å².